The first kappa shape index (κ1) is 13.6. The van der Waals surface area contributed by atoms with Crippen LogP contribution in [0.25, 0.3) is 0 Å². The average Bonchev–Trinajstić information content (AvgIpc) is 3.17. The molecule has 2 unspecified atom stereocenters. The number of aliphatic hydroxyl groups is 1. The molecule has 0 saturated heterocycles. The van der Waals surface area contributed by atoms with Crippen molar-refractivity contribution in [2.24, 2.45) is 11.8 Å². The molecular weight excluding hydrogens is 274 g/mol. The summed E-state index contributed by atoms with van der Waals surface area (Å²) in [4.78, 5) is 3.95. The van der Waals surface area contributed by atoms with Gasteiger partial charge in [-0.1, -0.05) is 36.7 Å². The normalized spacial score (nSPS) is 19.6. The third-order valence-electron chi connectivity index (χ3n) is 4.29. The molecule has 1 aliphatic rings. The highest BCUT2D eigenvalue weighted by Crippen LogP contribution is 2.47. The largest absolute Gasteiger partial charge is 0.383 e. The Labute approximate surface area is 123 Å². The topological polar surface area (TPSA) is 50.9 Å². The van der Waals surface area contributed by atoms with E-state index in [1.165, 1.54) is 19.2 Å². The van der Waals surface area contributed by atoms with Crippen LogP contribution in [0.15, 0.2) is 36.9 Å². The Morgan fingerprint density at radius 3 is 2.80 bits per heavy atom. The highest BCUT2D eigenvalue weighted by Gasteiger charge is 2.45. The van der Waals surface area contributed by atoms with Crippen LogP contribution in [0, 0.1) is 11.8 Å². The number of benzene rings is 1. The zero-order chi connectivity index (χ0) is 14.2. The zero-order valence-electron chi connectivity index (χ0n) is 11.4. The Balaban J connectivity index is 2.00. The molecule has 0 radical (unpaired) electrons. The third-order valence-corrected chi connectivity index (χ3v) is 4.62. The van der Waals surface area contributed by atoms with Crippen molar-refractivity contribution in [2.75, 3.05) is 0 Å². The van der Waals surface area contributed by atoms with E-state index in [0.717, 1.165) is 5.56 Å². The predicted molar refractivity (Wildman–Crippen MR) is 77.3 cm³/mol. The molecule has 1 aromatic carbocycles. The van der Waals surface area contributed by atoms with E-state index in [1.807, 2.05) is 24.3 Å². The van der Waals surface area contributed by atoms with Crippen LogP contribution in [0.3, 0.4) is 0 Å². The summed E-state index contributed by atoms with van der Waals surface area (Å²) in [5.74, 6) is 0.686. The number of hydrogen-bond acceptors (Lipinski definition) is 3. The van der Waals surface area contributed by atoms with Crippen molar-refractivity contribution in [3.05, 3.63) is 47.5 Å². The van der Waals surface area contributed by atoms with Gasteiger partial charge in [-0.25, -0.2) is 9.67 Å². The molecule has 20 heavy (non-hydrogen) atoms. The summed E-state index contributed by atoms with van der Waals surface area (Å²) in [6, 6.07) is 7.51. The van der Waals surface area contributed by atoms with Crippen LogP contribution in [0.1, 0.15) is 25.3 Å². The quantitative estimate of drug-likeness (QED) is 0.921. The van der Waals surface area contributed by atoms with E-state index in [2.05, 4.69) is 17.0 Å². The molecule has 0 spiro atoms. The second kappa shape index (κ2) is 5.19. The maximum atomic E-state index is 11.3. The molecule has 2 atom stereocenters. The summed E-state index contributed by atoms with van der Waals surface area (Å²) < 4.78 is 1.67. The lowest BCUT2D eigenvalue weighted by molar-refractivity contribution is -0.0441. The molecule has 3 rings (SSSR count). The van der Waals surface area contributed by atoms with Gasteiger partial charge in [-0.3, -0.25) is 0 Å². The summed E-state index contributed by atoms with van der Waals surface area (Å²) in [6.07, 6.45) is 5.45. The summed E-state index contributed by atoms with van der Waals surface area (Å²) >= 11 is 6.31. The standard InChI is InChI=1S/C15H18ClN3O/c1-11(12-6-7-12)15(20,8-19-10-17-9-18-19)13-4-2-3-5-14(13)16/h2-5,9-12,20H,6-8H2,1H3. The van der Waals surface area contributed by atoms with Gasteiger partial charge >= 0.3 is 0 Å². The minimum Gasteiger partial charge on any atom is -0.383 e. The maximum absolute atomic E-state index is 11.3. The molecule has 0 aliphatic heterocycles. The van der Waals surface area contributed by atoms with Crippen LogP contribution in [-0.2, 0) is 12.1 Å². The predicted octanol–water partition coefficient (Wildman–Crippen LogP) is 2.87. The lowest BCUT2D eigenvalue weighted by Crippen LogP contribution is -2.39. The second-order valence-electron chi connectivity index (χ2n) is 5.62. The number of aromatic nitrogens is 3. The molecular formula is C15H18ClN3O. The number of rotatable bonds is 5. The van der Waals surface area contributed by atoms with E-state index in [0.29, 0.717) is 17.5 Å². The molecule has 106 valence electrons. The van der Waals surface area contributed by atoms with Gasteiger partial charge in [0.05, 0.1) is 6.54 Å². The Bertz CT molecular complexity index is 583. The van der Waals surface area contributed by atoms with Crippen molar-refractivity contribution < 1.29 is 5.11 Å². The summed E-state index contributed by atoms with van der Waals surface area (Å²) in [7, 11) is 0. The lowest BCUT2D eigenvalue weighted by Gasteiger charge is -2.35. The van der Waals surface area contributed by atoms with E-state index in [4.69, 9.17) is 11.6 Å². The molecule has 2 aromatic rings. The summed E-state index contributed by atoms with van der Waals surface area (Å²) in [5.41, 5.74) is -0.246. The summed E-state index contributed by atoms with van der Waals surface area (Å²) in [6.45, 7) is 2.46. The van der Waals surface area contributed by atoms with E-state index >= 15 is 0 Å². The van der Waals surface area contributed by atoms with E-state index < -0.39 is 5.60 Å². The molecule has 1 aliphatic carbocycles. The molecule has 4 nitrogen and oxygen atoms in total. The Morgan fingerprint density at radius 1 is 1.45 bits per heavy atom. The van der Waals surface area contributed by atoms with E-state index in [9.17, 15) is 5.11 Å². The molecule has 0 bridgehead atoms. The minimum atomic E-state index is -1.02. The zero-order valence-corrected chi connectivity index (χ0v) is 12.2. The van der Waals surface area contributed by atoms with Gasteiger partial charge < -0.3 is 5.11 Å². The highest BCUT2D eigenvalue weighted by molar-refractivity contribution is 6.31. The smallest absolute Gasteiger partial charge is 0.137 e. The summed E-state index contributed by atoms with van der Waals surface area (Å²) in [5, 5.41) is 16.1. The molecule has 1 aromatic heterocycles. The van der Waals surface area contributed by atoms with Gasteiger partial charge in [0.25, 0.3) is 0 Å². The monoisotopic (exact) mass is 291 g/mol. The minimum absolute atomic E-state index is 0.131. The van der Waals surface area contributed by atoms with E-state index in [-0.39, 0.29) is 5.92 Å². The number of nitrogens with zero attached hydrogens (tertiary/aromatic N) is 3. The Kier molecular flexibility index (Phi) is 3.52. The van der Waals surface area contributed by atoms with Crippen LogP contribution in [0.4, 0.5) is 0 Å². The maximum Gasteiger partial charge on any atom is 0.137 e. The fraction of sp³-hybridized carbons (Fsp3) is 0.467. The molecule has 0 amide bonds. The fourth-order valence-corrected chi connectivity index (χ4v) is 3.13. The van der Waals surface area contributed by atoms with Crippen molar-refractivity contribution >= 4 is 11.6 Å². The Hall–Kier alpha value is -1.39. The second-order valence-corrected chi connectivity index (χ2v) is 6.03. The Morgan fingerprint density at radius 2 is 2.20 bits per heavy atom. The van der Waals surface area contributed by atoms with Gasteiger partial charge in [-0.15, -0.1) is 0 Å². The van der Waals surface area contributed by atoms with Crippen LogP contribution in [0.2, 0.25) is 5.02 Å². The van der Waals surface area contributed by atoms with Gasteiger partial charge in [-0.05, 0) is 30.7 Å². The fourth-order valence-electron chi connectivity index (χ4n) is 2.83. The number of hydrogen-bond donors (Lipinski definition) is 1. The van der Waals surface area contributed by atoms with Crippen LogP contribution >= 0.6 is 11.6 Å². The van der Waals surface area contributed by atoms with Crippen LogP contribution in [0.5, 0.6) is 0 Å². The van der Waals surface area contributed by atoms with Crippen molar-refractivity contribution in [2.45, 2.75) is 31.9 Å². The van der Waals surface area contributed by atoms with Gasteiger partial charge in [0.1, 0.15) is 18.3 Å². The first-order valence-corrected chi connectivity index (χ1v) is 7.29. The van der Waals surface area contributed by atoms with Gasteiger partial charge in [-0.2, -0.15) is 5.10 Å². The van der Waals surface area contributed by atoms with Crippen molar-refractivity contribution in [1.29, 1.82) is 0 Å². The first-order valence-electron chi connectivity index (χ1n) is 6.91. The number of halogens is 1. The SMILES string of the molecule is CC(C1CC1)C(O)(Cn1cncn1)c1ccccc1Cl. The molecule has 1 heterocycles. The molecule has 1 N–H and O–H groups in total. The average molecular weight is 292 g/mol. The van der Waals surface area contributed by atoms with Crippen molar-refractivity contribution in [1.82, 2.24) is 14.8 Å². The third kappa shape index (κ3) is 2.45. The van der Waals surface area contributed by atoms with Gasteiger partial charge in [0.15, 0.2) is 0 Å². The van der Waals surface area contributed by atoms with Crippen molar-refractivity contribution in [3.63, 3.8) is 0 Å². The molecule has 1 saturated carbocycles. The lowest BCUT2D eigenvalue weighted by atomic mass is 9.79. The van der Waals surface area contributed by atoms with Crippen LogP contribution < -0.4 is 0 Å². The molecule has 5 heteroatoms. The molecule has 1 fully saturated rings. The van der Waals surface area contributed by atoms with E-state index in [1.54, 1.807) is 11.0 Å². The van der Waals surface area contributed by atoms with Crippen LogP contribution in [-0.4, -0.2) is 19.9 Å². The first-order chi connectivity index (χ1) is 9.61. The van der Waals surface area contributed by atoms with Crippen molar-refractivity contribution in [3.8, 4) is 0 Å². The van der Waals surface area contributed by atoms with Gasteiger partial charge in [0, 0.05) is 10.6 Å². The highest BCUT2D eigenvalue weighted by atomic mass is 35.5. The van der Waals surface area contributed by atoms with Gasteiger partial charge in [0.2, 0.25) is 0 Å².